The lowest BCUT2D eigenvalue weighted by atomic mass is 9.80. The molecule has 2 rings (SSSR count). The Labute approximate surface area is 128 Å². The van der Waals surface area contributed by atoms with Crippen LogP contribution in [0.4, 0.5) is 8.78 Å². The third-order valence-electron chi connectivity index (χ3n) is 3.98. The Bertz CT molecular complexity index is 595. The van der Waals surface area contributed by atoms with Crippen LogP contribution >= 0.6 is 11.6 Å². The molecule has 0 heterocycles. The van der Waals surface area contributed by atoms with Gasteiger partial charge in [-0.2, -0.15) is 0 Å². The van der Waals surface area contributed by atoms with Crippen LogP contribution in [-0.2, 0) is 10.0 Å². The molecule has 21 heavy (non-hydrogen) atoms. The van der Waals surface area contributed by atoms with Crippen LogP contribution in [-0.4, -0.2) is 20.8 Å². The molecule has 0 bridgehead atoms. The van der Waals surface area contributed by atoms with Gasteiger partial charge in [-0.3, -0.25) is 0 Å². The minimum atomic E-state index is -3.97. The average Bonchev–Trinajstić information content (AvgIpc) is 2.45. The Morgan fingerprint density at radius 1 is 1.19 bits per heavy atom. The Balaban J connectivity index is 2.07. The fourth-order valence-corrected chi connectivity index (χ4v) is 4.30. The first-order chi connectivity index (χ1) is 9.94. The van der Waals surface area contributed by atoms with E-state index in [4.69, 9.17) is 11.6 Å². The smallest absolute Gasteiger partial charge is 0.211 e. The molecule has 2 atom stereocenters. The Kier molecular flexibility index (Phi) is 5.57. The highest BCUT2D eigenvalue weighted by Gasteiger charge is 2.27. The monoisotopic (exact) mass is 337 g/mol. The van der Waals surface area contributed by atoms with Crippen molar-refractivity contribution in [1.29, 1.82) is 0 Å². The van der Waals surface area contributed by atoms with Gasteiger partial charge in [0.2, 0.25) is 10.0 Å². The van der Waals surface area contributed by atoms with Crippen molar-refractivity contribution in [1.82, 2.24) is 4.72 Å². The quantitative estimate of drug-likeness (QED) is 0.838. The van der Waals surface area contributed by atoms with Gasteiger partial charge in [0.15, 0.2) is 0 Å². The van der Waals surface area contributed by atoms with Crippen molar-refractivity contribution in [2.75, 3.05) is 12.4 Å². The molecule has 0 spiro atoms. The van der Waals surface area contributed by atoms with E-state index in [1.54, 1.807) is 0 Å². The first-order valence-corrected chi connectivity index (χ1v) is 8.96. The van der Waals surface area contributed by atoms with Crippen LogP contribution in [0.15, 0.2) is 23.1 Å². The molecule has 0 saturated heterocycles. The number of nitrogens with one attached hydrogen (secondary N) is 1. The highest BCUT2D eigenvalue weighted by atomic mass is 35.5. The second-order valence-corrected chi connectivity index (χ2v) is 7.43. The average molecular weight is 338 g/mol. The van der Waals surface area contributed by atoms with Gasteiger partial charge >= 0.3 is 0 Å². The lowest BCUT2D eigenvalue weighted by molar-refractivity contribution is 0.260. The second-order valence-electron chi connectivity index (χ2n) is 5.39. The van der Waals surface area contributed by atoms with Crippen LogP contribution in [0.3, 0.4) is 0 Å². The van der Waals surface area contributed by atoms with Crippen molar-refractivity contribution in [3.8, 4) is 0 Å². The minimum absolute atomic E-state index is 0.162. The van der Waals surface area contributed by atoms with Gasteiger partial charge in [0, 0.05) is 18.5 Å². The number of sulfonamides is 1. The maximum atomic E-state index is 13.6. The molecule has 7 heteroatoms. The molecule has 1 N–H and O–H groups in total. The van der Waals surface area contributed by atoms with E-state index in [1.807, 2.05) is 0 Å². The summed E-state index contributed by atoms with van der Waals surface area (Å²) in [6.07, 6.45) is 4.05. The zero-order valence-electron chi connectivity index (χ0n) is 11.5. The predicted molar refractivity (Wildman–Crippen MR) is 77.7 cm³/mol. The van der Waals surface area contributed by atoms with Gasteiger partial charge in [-0.15, -0.1) is 11.6 Å². The molecule has 1 saturated carbocycles. The number of rotatable bonds is 5. The summed E-state index contributed by atoms with van der Waals surface area (Å²) in [6.45, 7) is 0.233. The summed E-state index contributed by atoms with van der Waals surface area (Å²) < 4.78 is 53.0. The Morgan fingerprint density at radius 3 is 2.48 bits per heavy atom. The fourth-order valence-electron chi connectivity index (χ4n) is 2.74. The molecule has 0 radical (unpaired) electrons. The fraction of sp³-hybridized carbons (Fsp3) is 0.571. The van der Waals surface area contributed by atoms with Gasteiger partial charge in [0.1, 0.15) is 16.5 Å². The van der Waals surface area contributed by atoms with E-state index in [0.29, 0.717) is 11.9 Å². The molecule has 1 fully saturated rings. The normalized spacial score (nSPS) is 23.2. The molecule has 1 aromatic carbocycles. The maximum Gasteiger partial charge on any atom is 0.243 e. The van der Waals surface area contributed by atoms with Crippen LogP contribution in [0.25, 0.3) is 0 Å². The van der Waals surface area contributed by atoms with Crippen LogP contribution < -0.4 is 4.72 Å². The molecule has 0 aliphatic heterocycles. The van der Waals surface area contributed by atoms with E-state index in [0.717, 1.165) is 37.8 Å². The lowest BCUT2D eigenvalue weighted by Crippen LogP contribution is -2.35. The van der Waals surface area contributed by atoms with Gasteiger partial charge in [0.25, 0.3) is 0 Å². The molecule has 0 amide bonds. The standard InChI is InChI=1S/C14H18ClF2NO2S/c15-8-10-3-1-2-4-11(10)9-18-21(19,20)14-6-5-12(16)7-13(14)17/h5-7,10-11,18H,1-4,8-9H2. The number of hydrogen-bond donors (Lipinski definition) is 1. The summed E-state index contributed by atoms with van der Waals surface area (Å²) in [5.74, 6) is -0.950. The van der Waals surface area contributed by atoms with Gasteiger partial charge < -0.3 is 0 Å². The van der Waals surface area contributed by atoms with Crippen molar-refractivity contribution in [2.45, 2.75) is 30.6 Å². The summed E-state index contributed by atoms with van der Waals surface area (Å²) in [7, 11) is -3.97. The second kappa shape index (κ2) is 7.03. The minimum Gasteiger partial charge on any atom is -0.211 e. The van der Waals surface area contributed by atoms with Crippen molar-refractivity contribution >= 4 is 21.6 Å². The molecule has 0 aromatic heterocycles. The third-order valence-corrected chi connectivity index (χ3v) is 5.84. The van der Waals surface area contributed by atoms with E-state index < -0.39 is 26.6 Å². The summed E-state index contributed by atoms with van der Waals surface area (Å²) in [6, 6.07) is 2.43. The van der Waals surface area contributed by atoms with Crippen molar-refractivity contribution in [3.63, 3.8) is 0 Å². The number of alkyl halides is 1. The van der Waals surface area contributed by atoms with Crippen LogP contribution in [0.2, 0.25) is 0 Å². The molecule has 1 aliphatic rings. The number of hydrogen-bond acceptors (Lipinski definition) is 2. The molecule has 2 unspecified atom stereocenters. The van der Waals surface area contributed by atoms with Crippen LogP contribution in [0.5, 0.6) is 0 Å². The van der Waals surface area contributed by atoms with Crippen LogP contribution in [0.1, 0.15) is 25.7 Å². The highest BCUT2D eigenvalue weighted by molar-refractivity contribution is 7.89. The maximum absolute atomic E-state index is 13.6. The predicted octanol–water partition coefficient (Wildman–Crippen LogP) is 3.29. The molecule has 3 nitrogen and oxygen atoms in total. The lowest BCUT2D eigenvalue weighted by Gasteiger charge is -2.30. The van der Waals surface area contributed by atoms with Gasteiger partial charge in [0.05, 0.1) is 0 Å². The zero-order valence-corrected chi connectivity index (χ0v) is 13.1. The zero-order chi connectivity index (χ0) is 15.5. The molecule has 118 valence electrons. The topological polar surface area (TPSA) is 46.2 Å². The summed E-state index contributed by atoms with van der Waals surface area (Å²) >= 11 is 5.91. The SMILES string of the molecule is O=S(=O)(NCC1CCCCC1CCl)c1ccc(F)cc1F. The summed E-state index contributed by atoms with van der Waals surface area (Å²) in [5.41, 5.74) is 0. The third kappa shape index (κ3) is 4.14. The van der Waals surface area contributed by atoms with E-state index >= 15 is 0 Å². The van der Waals surface area contributed by atoms with Crippen molar-refractivity contribution < 1.29 is 17.2 Å². The molecular formula is C14H18ClF2NO2S. The van der Waals surface area contributed by atoms with E-state index in [2.05, 4.69) is 4.72 Å². The van der Waals surface area contributed by atoms with Gasteiger partial charge in [-0.25, -0.2) is 21.9 Å². The van der Waals surface area contributed by atoms with Crippen molar-refractivity contribution in [2.24, 2.45) is 11.8 Å². The highest BCUT2D eigenvalue weighted by Crippen LogP contribution is 2.30. The summed E-state index contributed by atoms with van der Waals surface area (Å²) in [5, 5.41) is 0. The van der Waals surface area contributed by atoms with E-state index in [1.165, 1.54) is 0 Å². The molecular weight excluding hydrogens is 320 g/mol. The molecule has 1 aliphatic carbocycles. The number of halogens is 3. The van der Waals surface area contributed by atoms with Gasteiger partial charge in [-0.05, 0) is 36.8 Å². The van der Waals surface area contributed by atoms with Crippen LogP contribution in [0, 0.1) is 23.5 Å². The van der Waals surface area contributed by atoms with E-state index in [9.17, 15) is 17.2 Å². The first kappa shape index (κ1) is 16.6. The Morgan fingerprint density at radius 2 is 1.86 bits per heavy atom. The molecule has 1 aromatic rings. The van der Waals surface area contributed by atoms with Gasteiger partial charge in [-0.1, -0.05) is 12.8 Å². The number of benzene rings is 1. The first-order valence-electron chi connectivity index (χ1n) is 6.94. The van der Waals surface area contributed by atoms with Crippen molar-refractivity contribution in [3.05, 3.63) is 29.8 Å². The van der Waals surface area contributed by atoms with E-state index in [-0.39, 0.29) is 18.4 Å². The summed E-state index contributed by atoms with van der Waals surface area (Å²) in [4.78, 5) is -0.526. The Hall–Kier alpha value is -0.720. The largest absolute Gasteiger partial charge is 0.243 e.